The normalized spacial score (nSPS) is 10.8. The highest BCUT2D eigenvalue weighted by Gasteiger charge is 2.22. The molecule has 4 rings (SSSR count). The molecule has 2 aromatic carbocycles. The number of pyridine rings is 1. The highest BCUT2D eigenvalue weighted by atomic mass is 32.1. The minimum atomic E-state index is -0.0637. The molecule has 2 heterocycles. The highest BCUT2D eigenvalue weighted by Crippen LogP contribution is 2.32. The second-order valence-electron chi connectivity index (χ2n) is 6.04. The average molecular weight is 359 g/mol. The molecule has 4 nitrogen and oxygen atoms in total. The molecule has 0 unspecified atom stereocenters. The van der Waals surface area contributed by atoms with Crippen LogP contribution in [0.25, 0.3) is 10.2 Å². The summed E-state index contributed by atoms with van der Waals surface area (Å²) < 4.78 is 1.08. The van der Waals surface area contributed by atoms with Crippen molar-refractivity contribution in [3.05, 3.63) is 89.7 Å². The number of amides is 1. The van der Waals surface area contributed by atoms with E-state index in [4.69, 9.17) is 4.98 Å². The van der Waals surface area contributed by atoms with Crippen LogP contribution < -0.4 is 4.90 Å². The molecule has 0 bridgehead atoms. The lowest BCUT2D eigenvalue weighted by Gasteiger charge is -2.20. The summed E-state index contributed by atoms with van der Waals surface area (Å²) in [4.78, 5) is 23.8. The molecule has 128 valence electrons. The van der Waals surface area contributed by atoms with Crippen molar-refractivity contribution in [2.75, 3.05) is 4.90 Å². The Kier molecular flexibility index (Phi) is 4.46. The highest BCUT2D eigenvalue weighted by molar-refractivity contribution is 7.22. The predicted molar refractivity (Wildman–Crippen MR) is 106 cm³/mol. The summed E-state index contributed by atoms with van der Waals surface area (Å²) in [7, 11) is 0. The number of aromatic nitrogens is 2. The van der Waals surface area contributed by atoms with Crippen LogP contribution in [0.4, 0.5) is 5.13 Å². The Hall–Kier alpha value is -3.05. The number of hydrogen-bond donors (Lipinski definition) is 0. The first kappa shape index (κ1) is 16.4. The van der Waals surface area contributed by atoms with Crippen LogP contribution in [0.5, 0.6) is 0 Å². The fraction of sp³-hybridized carbons (Fsp3) is 0.0952. The van der Waals surface area contributed by atoms with Crippen LogP contribution in [0.2, 0.25) is 0 Å². The fourth-order valence-electron chi connectivity index (χ4n) is 2.83. The van der Waals surface area contributed by atoms with E-state index in [1.807, 2.05) is 67.6 Å². The van der Waals surface area contributed by atoms with Crippen molar-refractivity contribution >= 4 is 32.6 Å². The number of aryl methyl sites for hydroxylation is 1. The third-order valence-electron chi connectivity index (χ3n) is 4.17. The first-order valence-electron chi connectivity index (χ1n) is 8.34. The molecule has 0 aliphatic heterocycles. The Morgan fingerprint density at radius 2 is 1.88 bits per heavy atom. The minimum absolute atomic E-state index is 0.0637. The Labute approximate surface area is 155 Å². The third kappa shape index (κ3) is 3.21. The molecular weight excluding hydrogens is 342 g/mol. The number of benzene rings is 2. The molecule has 2 aromatic heterocycles. The molecule has 0 aliphatic rings. The zero-order valence-corrected chi connectivity index (χ0v) is 15.1. The number of nitrogens with zero attached hydrogens (tertiary/aromatic N) is 3. The molecular formula is C21H17N3OS. The third-order valence-corrected chi connectivity index (χ3v) is 5.21. The van der Waals surface area contributed by atoms with Gasteiger partial charge in [0, 0.05) is 18.0 Å². The van der Waals surface area contributed by atoms with Gasteiger partial charge in [0.05, 0.1) is 16.8 Å². The summed E-state index contributed by atoms with van der Waals surface area (Å²) in [6.07, 6.45) is 3.51. The molecule has 26 heavy (non-hydrogen) atoms. The molecule has 0 fully saturated rings. The quantitative estimate of drug-likeness (QED) is 0.523. The zero-order valence-electron chi connectivity index (χ0n) is 14.3. The summed E-state index contributed by atoms with van der Waals surface area (Å²) in [6, 6.07) is 19.3. The van der Waals surface area contributed by atoms with E-state index in [2.05, 4.69) is 4.98 Å². The lowest BCUT2D eigenvalue weighted by atomic mass is 10.2. The van der Waals surface area contributed by atoms with E-state index in [0.717, 1.165) is 21.3 Å². The van der Waals surface area contributed by atoms with Gasteiger partial charge in [-0.3, -0.25) is 14.7 Å². The zero-order chi connectivity index (χ0) is 17.9. The van der Waals surface area contributed by atoms with Crippen molar-refractivity contribution < 1.29 is 4.79 Å². The molecule has 4 aromatic rings. The smallest absolute Gasteiger partial charge is 0.260 e. The van der Waals surface area contributed by atoms with Crippen LogP contribution in [0.15, 0.2) is 73.1 Å². The number of thiazole rings is 1. The van der Waals surface area contributed by atoms with Crippen molar-refractivity contribution in [3.63, 3.8) is 0 Å². The summed E-state index contributed by atoms with van der Waals surface area (Å²) in [6.45, 7) is 2.47. The van der Waals surface area contributed by atoms with Crippen molar-refractivity contribution in [2.24, 2.45) is 0 Å². The van der Waals surface area contributed by atoms with Gasteiger partial charge in [0.2, 0.25) is 0 Å². The molecule has 0 saturated heterocycles. The molecule has 0 aliphatic carbocycles. The molecule has 0 N–H and O–H groups in total. The standard InChI is InChI=1S/C21H17N3OS/c1-15-7-5-11-18-19(15)23-21(26-18)24(14-16-8-6-12-22-13-16)20(25)17-9-3-2-4-10-17/h2-13H,14H2,1H3. The van der Waals surface area contributed by atoms with Crippen LogP contribution in [-0.4, -0.2) is 15.9 Å². The van der Waals surface area contributed by atoms with Crippen LogP contribution >= 0.6 is 11.3 Å². The summed E-state index contributed by atoms with van der Waals surface area (Å²) in [5, 5.41) is 0.701. The maximum absolute atomic E-state index is 13.2. The van der Waals surface area contributed by atoms with Gasteiger partial charge < -0.3 is 0 Å². The molecule has 0 atom stereocenters. The Balaban J connectivity index is 1.78. The van der Waals surface area contributed by atoms with Gasteiger partial charge in [-0.05, 0) is 42.3 Å². The number of hydrogen-bond acceptors (Lipinski definition) is 4. The SMILES string of the molecule is Cc1cccc2sc(N(Cc3cccnc3)C(=O)c3ccccc3)nc12. The summed E-state index contributed by atoms with van der Waals surface area (Å²) in [5.41, 5.74) is 3.67. The van der Waals surface area contributed by atoms with E-state index in [1.165, 1.54) is 11.3 Å². The van der Waals surface area contributed by atoms with Crippen LogP contribution in [0.1, 0.15) is 21.5 Å². The molecule has 5 heteroatoms. The van der Waals surface area contributed by atoms with Gasteiger partial charge in [-0.1, -0.05) is 47.7 Å². The second-order valence-corrected chi connectivity index (χ2v) is 7.05. The van der Waals surface area contributed by atoms with E-state index < -0.39 is 0 Å². The average Bonchev–Trinajstić information content (AvgIpc) is 3.12. The number of anilines is 1. The molecule has 0 radical (unpaired) electrons. The Bertz CT molecular complexity index is 1040. The van der Waals surface area contributed by atoms with E-state index in [0.29, 0.717) is 17.2 Å². The van der Waals surface area contributed by atoms with Crippen molar-refractivity contribution in [1.29, 1.82) is 0 Å². The lowest BCUT2D eigenvalue weighted by Crippen LogP contribution is -2.30. The summed E-state index contributed by atoms with van der Waals surface area (Å²) >= 11 is 1.54. The van der Waals surface area contributed by atoms with Crippen LogP contribution in [0.3, 0.4) is 0 Å². The first-order valence-corrected chi connectivity index (χ1v) is 9.16. The molecule has 1 amide bonds. The fourth-order valence-corrected chi connectivity index (χ4v) is 3.87. The van der Waals surface area contributed by atoms with E-state index in [9.17, 15) is 4.79 Å². The van der Waals surface area contributed by atoms with Crippen molar-refractivity contribution in [2.45, 2.75) is 13.5 Å². The van der Waals surface area contributed by atoms with Crippen LogP contribution in [-0.2, 0) is 6.54 Å². The van der Waals surface area contributed by atoms with Gasteiger partial charge in [-0.2, -0.15) is 0 Å². The minimum Gasteiger partial charge on any atom is -0.279 e. The maximum atomic E-state index is 13.2. The lowest BCUT2D eigenvalue weighted by molar-refractivity contribution is 0.0985. The molecule has 0 saturated carbocycles. The van der Waals surface area contributed by atoms with Gasteiger partial charge in [-0.15, -0.1) is 0 Å². The van der Waals surface area contributed by atoms with E-state index in [-0.39, 0.29) is 5.91 Å². The number of fused-ring (bicyclic) bond motifs is 1. The van der Waals surface area contributed by atoms with Crippen molar-refractivity contribution in [3.8, 4) is 0 Å². The van der Waals surface area contributed by atoms with Gasteiger partial charge in [0.1, 0.15) is 0 Å². The Morgan fingerprint density at radius 3 is 2.62 bits per heavy atom. The van der Waals surface area contributed by atoms with E-state index in [1.54, 1.807) is 17.3 Å². The second kappa shape index (κ2) is 7.06. The van der Waals surface area contributed by atoms with Gasteiger partial charge in [0.15, 0.2) is 5.13 Å². The topological polar surface area (TPSA) is 46.1 Å². The van der Waals surface area contributed by atoms with Gasteiger partial charge in [-0.25, -0.2) is 4.98 Å². The number of carbonyl (C=O) groups excluding carboxylic acids is 1. The largest absolute Gasteiger partial charge is 0.279 e. The number of rotatable bonds is 4. The number of para-hydroxylation sites is 1. The van der Waals surface area contributed by atoms with E-state index >= 15 is 0 Å². The number of carbonyl (C=O) groups is 1. The molecule has 0 spiro atoms. The summed E-state index contributed by atoms with van der Waals surface area (Å²) in [5.74, 6) is -0.0637. The maximum Gasteiger partial charge on any atom is 0.260 e. The van der Waals surface area contributed by atoms with Gasteiger partial charge in [0.25, 0.3) is 5.91 Å². The Morgan fingerprint density at radius 1 is 1.04 bits per heavy atom. The monoisotopic (exact) mass is 359 g/mol. The van der Waals surface area contributed by atoms with Gasteiger partial charge >= 0.3 is 0 Å². The predicted octanol–water partition coefficient (Wildman–Crippen LogP) is 4.85. The van der Waals surface area contributed by atoms with Crippen LogP contribution in [0, 0.1) is 6.92 Å². The first-order chi connectivity index (χ1) is 12.7. The van der Waals surface area contributed by atoms with Crippen molar-refractivity contribution in [1.82, 2.24) is 9.97 Å².